The van der Waals surface area contributed by atoms with Gasteiger partial charge in [0.05, 0.1) is 18.7 Å². The van der Waals surface area contributed by atoms with Crippen molar-refractivity contribution in [2.75, 3.05) is 7.11 Å². The Kier molecular flexibility index (Phi) is 5.31. The molecule has 0 bridgehead atoms. The van der Waals surface area contributed by atoms with Crippen LogP contribution in [0, 0.1) is 0 Å². The first kappa shape index (κ1) is 17.4. The monoisotopic (exact) mass is 375 g/mol. The Morgan fingerprint density at radius 1 is 1.08 bits per heavy atom. The van der Waals surface area contributed by atoms with Crippen molar-refractivity contribution in [3.63, 3.8) is 0 Å². The van der Waals surface area contributed by atoms with E-state index in [0.717, 1.165) is 5.56 Å². The summed E-state index contributed by atoms with van der Waals surface area (Å²) in [5, 5.41) is 3.86. The zero-order chi connectivity index (χ0) is 17.8. The fourth-order valence-corrected chi connectivity index (χ4v) is 2.70. The van der Waals surface area contributed by atoms with Gasteiger partial charge in [0.25, 0.3) is 5.91 Å². The summed E-state index contributed by atoms with van der Waals surface area (Å²) in [5.74, 6) is 1.65. The van der Waals surface area contributed by atoms with Crippen molar-refractivity contribution < 1.29 is 13.9 Å². The van der Waals surface area contributed by atoms with Gasteiger partial charge < -0.3 is 14.5 Å². The van der Waals surface area contributed by atoms with Crippen molar-refractivity contribution in [2.24, 2.45) is 0 Å². The maximum Gasteiger partial charge on any atom is 0.251 e. The van der Waals surface area contributed by atoms with Gasteiger partial charge in [-0.05, 0) is 54.6 Å². The number of hydrogen-bond donors (Lipinski definition) is 1. The standard InChI is InChI=1S/C19H15Cl2NO3/c1-24-18-8-4-13(10-16(18)21)19(23)22-11-15-7-9-17(25-15)12-2-5-14(20)6-3-12/h2-10H,11H2,1H3,(H,22,23). The Hall–Kier alpha value is -2.43. The lowest BCUT2D eigenvalue weighted by atomic mass is 10.2. The molecule has 1 heterocycles. The van der Waals surface area contributed by atoms with E-state index in [1.807, 2.05) is 24.3 Å². The smallest absolute Gasteiger partial charge is 0.251 e. The molecule has 1 N–H and O–H groups in total. The number of hydrogen-bond acceptors (Lipinski definition) is 3. The van der Waals surface area contributed by atoms with Gasteiger partial charge in [0, 0.05) is 16.1 Å². The summed E-state index contributed by atoms with van der Waals surface area (Å²) in [5.41, 5.74) is 1.37. The molecule has 6 heteroatoms. The predicted molar refractivity (Wildman–Crippen MR) is 98.3 cm³/mol. The first-order valence-electron chi connectivity index (χ1n) is 7.53. The van der Waals surface area contributed by atoms with Gasteiger partial charge in [-0.15, -0.1) is 0 Å². The Labute approximate surface area is 155 Å². The van der Waals surface area contributed by atoms with E-state index in [4.69, 9.17) is 32.4 Å². The molecule has 0 spiro atoms. The van der Waals surface area contributed by atoms with Crippen molar-refractivity contribution in [1.82, 2.24) is 5.32 Å². The second kappa shape index (κ2) is 7.64. The van der Waals surface area contributed by atoms with E-state index in [-0.39, 0.29) is 12.5 Å². The summed E-state index contributed by atoms with van der Waals surface area (Å²) in [6.45, 7) is 0.274. The summed E-state index contributed by atoms with van der Waals surface area (Å²) >= 11 is 11.9. The van der Waals surface area contributed by atoms with Crippen LogP contribution in [0.25, 0.3) is 11.3 Å². The highest BCUT2D eigenvalue weighted by Gasteiger charge is 2.10. The molecule has 3 rings (SSSR count). The van der Waals surface area contributed by atoms with E-state index in [9.17, 15) is 4.79 Å². The molecule has 0 saturated heterocycles. The van der Waals surface area contributed by atoms with Crippen LogP contribution in [0.4, 0.5) is 0 Å². The number of halogens is 2. The number of methoxy groups -OCH3 is 1. The van der Waals surface area contributed by atoms with Gasteiger partial charge in [0.1, 0.15) is 17.3 Å². The van der Waals surface area contributed by atoms with Gasteiger partial charge in [-0.25, -0.2) is 0 Å². The molecule has 0 atom stereocenters. The number of ether oxygens (including phenoxy) is 1. The maximum atomic E-state index is 12.2. The van der Waals surface area contributed by atoms with E-state index < -0.39 is 0 Å². The van der Waals surface area contributed by atoms with Crippen LogP contribution in [0.2, 0.25) is 10.0 Å². The Morgan fingerprint density at radius 2 is 1.84 bits per heavy atom. The quantitative estimate of drug-likeness (QED) is 0.667. The number of furan rings is 1. The zero-order valence-electron chi connectivity index (χ0n) is 13.4. The van der Waals surface area contributed by atoms with E-state index >= 15 is 0 Å². The lowest BCUT2D eigenvalue weighted by Crippen LogP contribution is -2.22. The SMILES string of the molecule is COc1ccc(C(=O)NCc2ccc(-c3ccc(Cl)cc3)o2)cc1Cl. The molecule has 2 aromatic carbocycles. The summed E-state index contributed by atoms with van der Waals surface area (Å²) in [7, 11) is 1.52. The van der Waals surface area contributed by atoms with Crippen molar-refractivity contribution >= 4 is 29.1 Å². The number of nitrogens with one attached hydrogen (secondary N) is 1. The van der Waals surface area contributed by atoms with Crippen LogP contribution in [0.5, 0.6) is 5.75 Å². The van der Waals surface area contributed by atoms with Crippen LogP contribution in [0.15, 0.2) is 59.0 Å². The number of carbonyl (C=O) groups is 1. The molecular weight excluding hydrogens is 361 g/mol. The third-order valence-electron chi connectivity index (χ3n) is 3.63. The molecule has 0 radical (unpaired) electrons. The van der Waals surface area contributed by atoms with E-state index in [1.54, 1.807) is 30.3 Å². The summed E-state index contributed by atoms with van der Waals surface area (Å²) in [6, 6.07) is 15.9. The molecule has 25 heavy (non-hydrogen) atoms. The van der Waals surface area contributed by atoms with Gasteiger partial charge in [0.15, 0.2) is 0 Å². The Bertz CT molecular complexity index is 888. The fourth-order valence-electron chi connectivity index (χ4n) is 2.32. The molecule has 0 unspecified atom stereocenters. The summed E-state index contributed by atoms with van der Waals surface area (Å²) in [4.78, 5) is 12.2. The third-order valence-corrected chi connectivity index (χ3v) is 4.17. The second-order valence-electron chi connectivity index (χ2n) is 5.30. The largest absolute Gasteiger partial charge is 0.495 e. The van der Waals surface area contributed by atoms with Crippen molar-refractivity contribution in [3.8, 4) is 17.1 Å². The topological polar surface area (TPSA) is 51.5 Å². The van der Waals surface area contributed by atoms with E-state index in [0.29, 0.717) is 32.9 Å². The minimum atomic E-state index is -0.242. The van der Waals surface area contributed by atoms with Crippen LogP contribution in [0.3, 0.4) is 0 Å². The molecule has 4 nitrogen and oxygen atoms in total. The Morgan fingerprint density at radius 3 is 2.52 bits per heavy atom. The van der Waals surface area contributed by atoms with Crippen LogP contribution in [0.1, 0.15) is 16.1 Å². The highest BCUT2D eigenvalue weighted by Crippen LogP contribution is 2.25. The first-order chi connectivity index (χ1) is 12.1. The van der Waals surface area contributed by atoms with E-state index in [2.05, 4.69) is 5.32 Å². The molecule has 0 aliphatic rings. The predicted octanol–water partition coefficient (Wildman–Crippen LogP) is 5.19. The summed E-state index contributed by atoms with van der Waals surface area (Å²) < 4.78 is 10.8. The number of rotatable bonds is 5. The van der Waals surface area contributed by atoms with Crippen LogP contribution >= 0.6 is 23.2 Å². The van der Waals surface area contributed by atoms with Gasteiger partial charge in [0.2, 0.25) is 0 Å². The van der Waals surface area contributed by atoms with Crippen LogP contribution < -0.4 is 10.1 Å². The number of benzene rings is 2. The van der Waals surface area contributed by atoms with Crippen LogP contribution in [-0.2, 0) is 6.54 Å². The molecule has 0 fully saturated rings. The van der Waals surface area contributed by atoms with Crippen molar-refractivity contribution in [2.45, 2.75) is 6.54 Å². The number of amides is 1. The van der Waals surface area contributed by atoms with Gasteiger partial charge in [-0.2, -0.15) is 0 Å². The lowest BCUT2D eigenvalue weighted by molar-refractivity contribution is 0.0948. The highest BCUT2D eigenvalue weighted by atomic mass is 35.5. The maximum absolute atomic E-state index is 12.2. The third kappa shape index (κ3) is 4.16. The molecule has 1 aromatic heterocycles. The van der Waals surface area contributed by atoms with Crippen LogP contribution in [-0.4, -0.2) is 13.0 Å². The van der Waals surface area contributed by atoms with Gasteiger partial charge in [-0.1, -0.05) is 23.2 Å². The van der Waals surface area contributed by atoms with Gasteiger partial charge in [-0.3, -0.25) is 4.79 Å². The molecule has 0 aliphatic heterocycles. The van der Waals surface area contributed by atoms with Crippen molar-refractivity contribution in [3.05, 3.63) is 76.0 Å². The summed E-state index contributed by atoms with van der Waals surface area (Å²) in [6.07, 6.45) is 0. The molecule has 3 aromatic rings. The fraction of sp³-hybridized carbons (Fsp3) is 0.105. The second-order valence-corrected chi connectivity index (χ2v) is 6.15. The average Bonchev–Trinajstić information content (AvgIpc) is 3.09. The minimum absolute atomic E-state index is 0.242. The molecule has 1 amide bonds. The molecule has 0 aliphatic carbocycles. The number of carbonyl (C=O) groups excluding carboxylic acids is 1. The molecule has 128 valence electrons. The molecular formula is C19H15Cl2NO3. The van der Waals surface area contributed by atoms with E-state index in [1.165, 1.54) is 7.11 Å². The zero-order valence-corrected chi connectivity index (χ0v) is 14.9. The lowest BCUT2D eigenvalue weighted by Gasteiger charge is -2.06. The Balaban J connectivity index is 1.65. The minimum Gasteiger partial charge on any atom is -0.495 e. The van der Waals surface area contributed by atoms with Gasteiger partial charge >= 0.3 is 0 Å². The first-order valence-corrected chi connectivity index (χ1v) is 8.29. The van der Waals surface area contributed by atoms with Crippen molar-refractivity contribution in [1.29, 1.82) is 0 Å². The highest BCUT2D eigenvalue weighted by molar-refractivity contribution is 6.32. The average molecular weight is 376 g/mol. The molecule has 0 saturated carbocycles. The normalized spacial score (nSPS) is 10.5.